The molecule has 0 saturated carbocycles. The van der Waals surface area contributed by atoms with Gasteiger partial charge in [0, 0.05) is 10.5 Å². The largest absolute Gasteiger partial charge is 0.454 e. The highest BCUT2D eigenvalue weighted by Gasteiger charge is 2.17. The Bertz CT molecular complexity index is 634. The molecular formula is C12H6Br2O4S. The van der Waals surface area contributed by atoms with Gasteiger partial charge in [-0.05, 0) is 50.1 Å². The van der Waals surface area contributed by atoms with Crippen molar-refractivity contribution in [1.82, 2.24) is 0 Å². The van der Waals surface area contributed by atoms with E-state index in [0.29, 0.717) is 22.1 Å². The van der Waals surface area contributed by atoms with Crippen LogP contribution in [0.1, 0.15) is 9.67 Å². The molecule has 0 fully saturated rings. The fourth-order valence-electron chi connectivity index (χ4n) is 1.54. The smallest absolute Gasteiger partial charge is 0.353 e. The molecule has 1 aliphatic rings. The van der Waals surface area contributed by atoms with Crippen molar-refractivity contribution in [3.05, 3.63) is 37.4 Å². The molecule has 98 valence electrons. The molecule has 4 nitrogen and oxygen atoms in total. The monoisotopic (exact) mass is 404 g/mol. The van der Waals surface area contributed by atoms with E-state index >= 15 is 0 Å². The van der Waals surface area contributed by atoms with E-state index in [2.05, 4.69) is 31.9 Å². The van der Waals surface area contributed by atoms with Gasteiger partial charge in [0.15, 0.2) is 11.5 Å². The van der Waals surface area contributed by atoms with Crippen molar-refractivity contribution >= 4 is 49.2 Å². The summed E-state index contributed by atoms with van der Waals surface area (Å²) in [4.78, 5) is 12.5. The zero-order chi connectivity index (χ0) is 13.4. The van der Waals surface area contributed by atoms with Crippen LogP contribution in [-0.2, 0) is 0 Å². The second-order valence-electron chi connectivity index (χ2n) is 3.64. The molecule has 0 bridgehead atoms. The van der Waals surface area contributed by atoms with Crippen LogP contribution >= 0.6 is 43.2 Å². The van der Waals surface area contributed by atoms with Crippen molar-refractivity contribution in [1.29, 1.82) is 0 Å². The molecule has 1 aliphatic heterocycles. The first-order valence-electron chi connectivity index (χ1n) is 5.20. The number of esters is 1. The Morgan fingerprint density at radius 2 is 2.00 bits per heavy atom. The number of thiophene rings is 1. The number of carbonyl (C=O) groups excluding carboxylic acids is 1. The van der Waals surface area contributed by atoms with Crippen LogP contribution in [0.5, 0.6) is 17.2 Å². The Hall–Kier alpha value is -1.05. The molecule has 1 aromatic carbocycles. The average Bonchev–Trinajstić information content (AvgIpc) is 2.96. The zero-order valence-corrected chi connectivity index (χ0v) is 13.3. The van der Waals surface area contributed by atoms with E-state index < -0.39 is 5.97 Å². The van der Waals surface area contributed by atoms with Crippen LogP contribution in [0, 0.1) is 0 Å². The van der Waals surface area contributed by atoms with Gasteiger partial charge >= 0.3 is 5.97 Å². The van der Waals surface area contributed by atoms with E-state index in [4.69, 9.17) is 14.2 Å². The predicted molar refractivity (Wildman–Crippen MR) is 77.2 cm³/mol. The molecule has 0 aliphatic carbocycles. The third-order valence-electron chi connectivity index (χ3n) is 2.40. The molecule has 0 unspecified atom stereocenters. The fourth-order valence-corrected chi connectivity index (χ4v) is 3.46. The van der Waals surface area contributed by atoms with Gasteiger partial charge in [0.05, 0.1) is 3.79 Å². The fraction of sp³-hybridized carbons (Fsp3) is 0.0833. The standard InChI is InChI=1S/C12H6Br2O4S/c13-7-4-10(19-11(7)14)12(15)18-6-1-2-8-9(3-6)17-5-16-8/h1-4H,5H2. The predicted octanol–water partition coefficient (Wildman–Crippen LogP) is 4.22. The van der Waals surface area contributed by atoms with Gasteiger partial charge in [0.1, 0.15) is 10.6 Å². The minimum Gasteiger partial charge on any atom is -0.454 e. The number of hydrogen-bond donors (Lipinski definition) is 0. The summed E-state index contributed by atoms with van der Waals surface area (Å²) in [5, 5.41) is 0. The first-order chi connectivity index (χ1) is 9.13. The van der Waals surface area contributed by atoms with E-state index in [0.717, 1.165) is 8.26 Å². The van der Waals surface area contributed by atoms with E-state index in [1.165, 1.54) is 11.3 Å². The lowest BCUT2D eigenvalue weighted by molar-refractivity contribution is 0.0739. The molecule has 3 rings (SSSR count). The Morgan fingerprint density at radius 1 is 1.21 bits per heavy atom. The summed E-state index contributed by atoms with van der Waals surface area (Å²) in [6.45, 7) is 0.192. The topological polar surface area (TPSA) is 44.8 Å². The van der Waals surface area contributed by atoms with Gasteiger partial charge in [0.2, 0.25) is 6.79 Å². The molecule has 0 amide bonds. The number of carbonyl (C=O) groups is 1. The van der Waals surface area contributed by atoms with Crippen molar-refractivity contribution in [3.8, 4) is 17.2 Å². The summed E-state index contributed by atoms with van der Waals surface area (Å²) in [7, 11) is 0. The van der Waals surface area contributed by atoms with Crippen LogP contribution < -0.4 is 14.2 Å². The second-order valence-corrected chi connectivity index (χ2v) is 6.86. The summed E-state index contributed by atoms with van der Waals surface area (Å²) >= 11 is 7.97. The quantitative estimate of drug-likeness (QED) is 0.554. The number of benzene rings is 1. The molecule has 1 aromatic heterocycles. The minimum absolute atomic E-state index is 0.192. The van der Waals surface area contributed by atoms with Crippen LogP contribution in [0.4, 0.5) is 0 Å². The number of fused-ring (bicyclic) bond motifs is 1. The van der Waals surface area contributed by atoms with Crippen molar-refractivity contribution < 1.29 is 19.0 Å². The summed E-state index contributed by atoms with van der Waals surface area (Å²) in [5.41, 5.74) is 0. The number of ether oxygens (including phenoxy) is 3. The van der Waals surface area contributed by atoms with Crippen LogP contribution in [0.2, 0.25) is 0 Å². The first kappa shape index (κ1) is 13.0. The summed E-state index contributed by atoms with van der Waals surface area (Å²) < 4.78 is 17.4. The van der Waals surface area contributed by atoms with E-state index in [1.54, 1.807) is 24.3 Å². The third kappa shape index (κ3) is 2.63. The Balaban J connectivity index is 1.79. The normalized spacial score (nSPS) is 12.5. The molecular weight excluding hydrogens is 400 g/mol. The van der Waals surface area contributed by atoms with Crippen LogP contribution in [0.15, 0.2) is 32.5 Å². The molecule has 2 aromatic rings. The number of hydrogen-bond acceptors (Lipinski definition) is 5. The van der Waals surface area contributed by atoms with E-state index in [1.807, 2.05) is 0 Å². The van der Waals surface area contributed by atoms with Gasteiger partial charge in [-0.15, -0.1) is 11.3 Å². The van der Waals surface area contributed by atoms with Crippen molar-refractivity contribution in [2.24, 2.45) is 0 Å². The highest BCUT2D eigenvalue weighted by molar-refractivity contribution is 9.13. The highest BCUT2D eigenvalue weighted by Crippen LogP contribution is 2.36. The van der Waals surface area contributed by atoms with Crippen LogP contribution in [0.3, 0.4) is 0 Å². The summed E-state index contributed by atoms with van der Waals surface area (Å²) in [5.74, 6) is 1.26. The molecule has 2 heterocycles. The summed E-state index contributed by atoms with van der Waals surface area (Å²) in [6, 6.07) is 6.73. The Kier molecular flexibility index (Phi) is 3.51. The van der Waals surface area contributed by atoms with Gasteiger partial charge in [-0.25, -0.2) is 4.79 Å². The molecule has 19 heavy (non-hydrogen) atoms. The van der Waals surface area contributed by atoms with Crippen molar-refractivity contribution in [2.75, 3.05) is 6.79 Å². The molecule has 7 heteroatoms. The van der Waals surface area contributed by atoms with Crippen LogP contribution in [-0.4, -0.2) is 12.8 Å². The first-order valence-corrected chi connectivity index (χ1v) is 7.60. The minimum atomic E-state index is -0.407. The van der Waals surface area contributed by atoms with Gasteiger partial charge in [-0.2, -0.15) is 0 Å². The van der Waals surface area contributed by atoms with Crippen molar-refractivity contribution in [2.45, 2.75) is 0 Å². The number of halogens is 2. The molecule has 0 spiro atoms. The molecule has 0 atom stereocenters. The maximum atomic E-state index is 12.0. The zero-order valence-electron chi connectivity index (χ0n) is 9.31. The van der Waals surface area contributed by atoms with E-state index in [-0.39, 0.29) is 6.79 Å². The van der Waals surface area contributed by atoms with Gasteiger partial charge in [-0.1, -0.05) is 0 Å². The maximum absolute atomic E-state index is 12.0. The van der Waals surface area contributed by atoms with Gasteiger partial charge < -0.3 is 14.2 Å². The lowest BCUT2D eigenvalue weighted by atomic mass is 10.3. The van der Waals surface area contributed by atoms with Gasteiger partial charge in [-0.3, -0.25) is 0 Å². The SMILES string of the molecule is O=C(Oc1ccc2c(c1)OCO2)c1cc(Br)c(Br)s1. The van der Waals surface area contributed by atoms with E-state index in [9.17, 15) is 4.79 Å². The summed E-state index contributed by atoms with van der Waals surface area (Å²) in [6.07, 6.45) is 0. The number of rotatable bonds is 2. The second kappa shape index (κ2) is 5.15. The molecule has 0 saturated heterocycles. The van der Waals surface area contributed by atoms with Crippen molar-refractivity contribution in [3.63, 3.8) is 0 Å². The average molecular weight is 406 g/mol. The highest BCUT2D eigenvalue weighted by atomic mass is 79.9. The molecule has 0 N–H and O–H groups in total. The van der Waals surface area contributed by atoms with Gasteiger partial charge in [0.25, 0.3) is 0 Å². The molecule has 0 radical (unpaired) electrons. The van der Waals surface area contributed by atoms with Crippen LogP contribution in [0.25, 0.3) is 0 Å². The Labute approximate surface area is 129 Å². The lowest BCUT2D eigenvalue weighted by Gasteiger charge is -2.03. The maximum Gasteiger partial charge on any atom is 0.353 e. The lowest BCUT2D eigenvalue weighted by Crippen LogP contribution is -2.06. The Morgan fingerprint density at radius 3 is 2.74 bits per heavy atom. The third-order valence-corrected chi connectivity index (χ3v) is 5.64.